The molecule has 0 saturated carbocycles. The number of hydrogen-bond acceptors (Lipinski definition) is 4. The molecule has 2 aromatic carbocycles. The van der Waals surface area contributed by atoms with Crippen LogP contribution in [0, 0.1) is 0 Å². The van der Waals surface area contributed by atoms with Crippen molar-refractivity contribution in [1.82, 2.24) is 9.62 Å². The fourth-order valence-corrected chi connectivity index (χ4v) is 5.56. The van der Waals surface area contributed by atoms with E-state index >= 15 is 0 Å². The first kappa shape index (κ1) is 23.3. The lowest BCUT2D eigenvalue weighted by Gasteiger charge is -2.33. The second-order valence-corrected chi connectivity index (χ2v) is 9.94. The molecule has 168 valence electrons. The van der Waals surface area contributed by atoms with E-state index < -0.39 is 16.1 Å². The quantitative estimate of drug-likeness (QED) is 0.608. The Labute approximate surface area is 185 Å². The fraction of sp³-hybridized carbons (Fsp3) is 0.458. The molecule has 7 heteroatoms. The van der Waals surface area contributed by atoms with Gasteiger partial charge in [0.15, 0.2) is 0 Å². The zero-order chi connectivity index (χ0) is 22.1. The van der Waals surface area contributed by atoms with Crippen molar-refractivity contribution >= 4 is 15.9 Å². The maximum absolute atomic E-state index is 12.7. The SMILES string of the molecule is CCCS(=O)(=O)N1CCCCC1C(=O)NCCc1ccc(OCc2ccccc2)cc1. The van der Waals surface area contributed by atoms with Gasteiger partial charge in [-0.25, -0.2) is 8.42 Å². The molecule has 1 amide bonds. The van der Waals surface area contributed by atoms with E-state index in [-0.39, 0.29) is 11.7 Å². The lowest BCUT2D eigenvalue weighted by atomic mass is 10.0. The summed E-state index contributed by atoms with van der Waals surface area (Å²) in [6.07, 6.45) is 3.51. The number of piperidine rings is 1. The first-order valence-electron chi connectivity index (χ1n) is 11.0. The van der Waals surface area contributed by atoms with Crippen molar-refractivity contribution in [3.63, 3.8) is 0 Å². The Morgan fingerprint density at radius 2 is 1.81 bits per heavy atom. The molecule has 0 aliphatic carbocycles. The Balaban J connectivity index is 1.47. The number of ether oxygens (including phenoxy) is 1. The van der Waals surface area contributed by atoms with Gasteiger partial charge in [-0.3, -0.25) is 4.79 Å². The van der Waals surface area contributed by atoms with Crippen molar-refractivity contribution in [2.75, 3.05) is 18.8 Å². The van der Waals surface area contributed by atoms with Crippen molar-refractivity contribution in [2.45, 2.75) is 51.7 Å². The third-order valence-corrected chi connectivity index (χ3v) is 7.54. The minimum atomic E-state index is -3.38. The highest BCUT2D eigenvalue weighted by molar-refractivity contribution is 7.89. The van der Waals surface area contributed by atoms with Gasteiger partial charge in [0.1, 0.15) is 18.4 Å². The molecule has 1 heterocycles. The number of amides is 1. The van der Waals surface area contributed by atoms with E-state index in [1.807, 2.05) is 61.5 Å². The highest BCUT2D eigenvalue weighted by Crippen LogP contribution is 2.21. The molecule has 0 aromatic heterocycles. The van der Waals surface area contributed by atoms with E-state index in [1.165, 1.54) is 4.31 Å². The van der Waals surface area contributed by atoms with Gasteiger partial charge in [-0.2, -0.15) is 4.31 Å². The molecule has 1 fully saturated rings. The maximum atomic E-state index is 12.7. The lowest BCUT2D eigenvalue weighted by molar-refractivity contribution is -0.125. The summed E-state index contributed by atoms with van der Waals surface area (Å²) in [5.74, 6) is 0.702. The summed E-state index contributed by atoms with van der Waals surface area (Å²) in [5.41, 5.74) is 2.21. The molecule has 1 aliphatic heterocycles. The zero-order valence-corrected chi connectivity index (χ0v) is 18.9. The number of hydrogen-bond donors (Lipinski definition) is 1. The molecule has 1 atom stereocenters. The van der Waals surface area contributed by atoms with Crippen molar-refractivity contribution < 1.29 is 17.9 Å². The van der Waals surface area contributed by atoms with Crippen LogP contribution >= 0.6 is 0 Å². The summed E-state index contributed by atoms with van der Waals surface area (Å²) in [7, 11) is -3.38. The van der Waals surface area contributed by atoms with E-state index in [4.69, 9.17) is 4.74 Å². The zero-order valence-electron chi connectivity index (χ0n) is 18.1. The number of carbonyl (C=O) groups excluding carboxylic acids is 1. The topological polar surface area (TPSA) is 75.7 Å². The third-order valence-electron chi connectivity index (χ3n) is 5.46. The fourth-order valence-electron chi connectivity index (χ4n) is 3.82. The van der Waals surface area contributed by atoms with Crippen molar-refractivity contribution in [3.8, 4) is 5.75 Å². The third kappa shape index (κ3) is 6.80. The Morgan fingerprint density at radius 1 is 1.06 bits per heavy atom. The molecule has 0 bridgehead atoms. The summed E-state index contributed by atoms with van der Waals surface area (Å²) < 4.78 is 32.2. The van der Waals surface area contributed by atoms with E-state index in [0.29, 0.717) is 39.0 Å². The Bertz CT molecular complexity index is 930. The average Bonchev–Trinajstić information content (AvgIpc) is 2.79. The number of rotatable bonds is 10. The molecule has 2 aromatic rings. The van der Waals surface area contributed by atoms with Crippen LogP contribution in [-0.2, 0) is 27.8 Å². The highest BCUT2D eigenvalue weighted by atomic mass is 32.2. The molecular formula is C24H32N2O4S. The van der Waals surface area contributed by atoms with Crippen molar-refractivity contribution in [3.05, 3.63) is 65.7 Å². The molecule has 0 spiro atoms. The summed E-state index contributed by atoms with van der Waals surface area (Å²) in [4.78, 5) is 12.7. The molecule has 1 saturated heterocycles. The van der Waals surface area contributed by atoms with Crippen LogP contribution in [0.1, 0.15) is 43.7 Å². The molecule has 3 rings (SSSR count). The van der Waals surface area contributed by atoms with Crippen LogP contribution in [0.5, 0.6) is 5.75 Å². The summed E-state index contributed by atoms with van der Waals surface area (Å²) in [6.45, 7) is 3.27. The number of carbonyl (C=O) groups is 1. The normalized spacial score (nSPS) is 17.3. The predicted molar refractivity (Wildman–Crippen MR) is 122 cm³/mol. The van der Waals surface area contributed by atoms with Crippen molar-refractivity contribution in [1.29, 1.82) is 0 Å². The van der Waals surface area contributed by atoms with Crippen LogP contribution in [0.2, 0.25) is 0 Å². The summed E-state index contributed by atoms with van der Waals surface area (Å²) in [6, 6.07) is 17.3. The smallest absolute Gasteiger partial charge is 0.238 e. The maximum Gasteiger partial charge on any atom is 0.238 e. The molecule has 1 unspecified atom stereocenters. The Hall–Kier alpha value is -2.38. The van der Waals surface area contributed by atoms with Crippen LogP contribution in [0.4, 0.5) is 0 Å². The van der Waals surface area contributed by atoms with Gasteiger partial charge in [-0.15, -0.1) is 0 Å². The first-order valence-corrected chi connectivity index (χ1v) is 12.6. The first-order chi connectivity index (χ1) is 15.0. The van der Waals surface area contributed by atoms with Crippen LogP contribution in [0.25, 0.3) is 0 Å². The van der Waals surface area contributed by atoms with Gasteiger partial charge in [0, 0.05) is 13.1 Å². The minimum absolute atomic E-state index is 0.0927. The molecule has 1 N–H and O–H groups in total. The van der Waals surface area contributed by atoms with Crippen LogP contribution < -0.4 is 10.1 Å². The number of nitrogens with zero attached hydrogens (tertiary/aromatic N) is 1. The van der Waals surface area contributed by atoms with Crippen LogP contribution in [0.15, 0.2) is 54.6 Å². The average molecular weight is 445 g/mol. The molecule has 6 nitrogen and oxygen atoms in total. The van der Waals surface area contributed by atoms with Gasteiger partial charge in [0.2, 0.25) is 15.9 Å². The monoisotopic (exact) mass is 444 g/mol. The standard InChI is InChI=1S/C24H32N2O4S/c1-2-18-31(28,29)26-17-7-6-10-23(26)24(27)25-16-15-20-11-13-22(14-12-20)30-19-21-8-4-3-5-9-21/h3-5,8-9,11-14,23H,2,6-7,10,15-19H2,1H3,(H,25,27). The van der Waals surface area contributed by atoms with Crippen LogP contribution in [-0.4, -0.2) is 43.5 Å². The van der Waals surface area contributed by atoms with E-state index in [9.17, 15) is 13.2 Å². The minimum Gasteiger partial charge on any atom is -0.489 e. The second-order valence-electron chi connectivity index (χ2n) is 7.90. The predicted octanol–water partition coefficient (Wildman–Crippen LogP) is 3.52. The molecule has 1 aliphatic rings. The number of benzene rings is 2. The van der Waals surface area contributed by atoms with E-state index in [1.54, 1.807) is 0 Å². The van der Waals surface area contributed by atoms with Gasteiger partial charge in [0.25, 0.3) is 0 Å². The Morgan fingerprint density at radius 3 is 2.52 bits per heavy atom. The van der Waals surface area contributed by atoms with E-state index in [2.05, 4.69) is 5.32 Å². The van der Waals surface area contributed by atoms with Crippen LogP contribution in [0.3, 0.4) is 0 Å². The van der Waals surface area contributed by atoms with Gasteiger partial charge >= 0.3 is 0 Å². The van der Waals surface area contributed by atoms with Gasteiger partial charge in [-0.1, -0.05) is 55.8 Å². The number of nitrogens with one attached hydrogen (secondary N) is 1. The van der Waals surface area contributed by atoms with E-state index in [0.717, 1.165) is 29.7 Å². The second kappa shape index (κ2) is 11.3. The summed E-state index contributed by atoms with van der Waals surface area (Å²) >= 11 is 0. The van der Waals surface area contributed by atoms with Crippen molar-refractivity contribution in [2.24, 2.45) is 0 Å². The van der Waals surface area contributed by atoms with Gasteiger partial charge < -0.3 is 10.1 Å². The largest absolute Gasteiger partial charge is 0.489 e. The van der Waals surface area contributed by atoms with Gasteiger partial charge in [-0.05, 0) is 48.9 Å². The molecule has 31 heavy (non-hydrogen) atoms. The molecular weight excluding hydrogens is 412 g/mol. The van der Waals surface area contributed by atoms with Gasteiger partial charge in [0.05, 0.1) is 5.75 Å². The highest BCUT2D eigenvalue weighted by Gasteiger charge is 2.35. The Kier molecular flexibility index (Phi) is 8.49. The number of sulfonamides is 1. The summed E-state index contributed by atoms with van der Waals surface area (Å²) in [5, 5.41) is 2.93. The lowest BCUT2D eigenvalue weighted by Crippen LogP contribution is -2.52. The molecule has 0 radical (unpaired) electrons.